The molecule has 4 aromatic heterocycles. The van der Waals surface area contributed by atoms with E-state index >= 15 is 0 Å². The average Bonchev–Trinajstić information content (AvgIpc) is 3.29. The lowest BCUT2D eigenvalue weighted by atomic mass is 10.1. The number of hydrogen-bond donors (Lipinski definition) is 0. The zero-order valence-electron chi connectivity index (χ0n) is 12.9. The summed E-state index contributed by atoms with van der Waals surface area (Å²) in [5, 5.41) is 24.7. The molecule has 0 atom stereocenters. The van der Waals surface area contributed by atoms with Gasteiger partial charge in [0.15, 0.2) is 11.5 Å². The Labute approximate surface area is 147 Å². The van der Waals surface area contributed by atoms with Gasteiger partial charge in [-0.25, -0.2) is 8.78 Å². The van der Waals surface area contributed by atoms with Crippen molar-refractivity contribution in [3.63, 3.8) is 0 Å². The van der Waals surface area contributed by atoms with Crippen molar-refractivity contribution >= 4 is 21.9 Å². The first-order chi connectivity index (χ1) is 12.7. The molecule has 0 amide bonds. The molecular formula is C15H8F2N8S. The van der Waals surface area contributed by atoms with Crippen LogP contribution in [0.15, 0.2) is 36.5 Å². The van der Waals surface area contributed by atoms with Crippen molar-refractivity contribution in [1.29, 1.82) is 0 Å². The number of hydrogen-bond acceptors (Lipinski definition) is 7. The molecule has 0 bridgehead atoms. The minimum absolute atomic E-state index is 0.213. The van der Waals surface area contributed by atoms with Crippen LogP contribution >= 0.6 is 11.3 Å². The molecule has 128 valence electrons. The van der Waals surface area contributed by atoms with Crippen LogP contribution < -0.4 is 0 Å². The molecule has 0 unspecified atom stereocenters. The predicted molar refractivity (Wildman–Crippen MR) is 87.6 cm³/mol. The number of halogens is 2. The Hall–Kier alpha value is -3.34. The highest BCUT2D eigenvalue weighted by Gasteiger charge is 2.15. The normalized spacial score (nSPS) is 11.6. The predicted octanol–water partition coefficient (Wildman–Crippen LogP) is 2.16. The van der Waals surface area contributed by atoms with Crippen LogP contribution in [0.2, 0.25) is 0 Å². The summed E-state index contributed by atoms with van der Waals surface area (Å²) in [6, 6.07) is 7.01. The maximum Gasteiger partial charge on any atom is 0.234 e. The highest BCUT2D eigenvalue weighted by atomic mass is 32.1. The van der Waals surface area contributed by atoms with Crippen LogP contribution in [0.25, 0.3) is 21.2 Å². The van der Waals surface area contributed by atoms with E-state index in [1.54, 1.807) is 21.3 Å². The Morgan fingerprint density at radius 2 is 1.85 bits per heavy atom. The van der Waals surface area contributed by atoms with Gasteiger partial charge < -0.3 is 0 Å². The van der Waals surface area contributed by atoms with Crippen LogP contribution in [-0.2, 0) is 6.42 Å². The van der Waals surface area contributed by atoms with E-state index in [2.05, 4.69) is 30.8 Å². The van der Waals surface area contributed by atoms with Gasteiger partial charge in [0, 0.05) is 24.2 Å². The van der Waals surface area contributed by atoms with Gasteiger partial charge in [0.2, 0.25) is 4.96 Å². The van der Waals surface area contributed by atoms with E-state index in [-0.39, 0.29) is 6.42 Å². The SMILES string of the molecule is Fc1cc(F)cc(Cc2nnc3sc(-c4ccc5nnnn5c4)nn23)c1. The molecular weight excluding hydrogens is 362 g/mol. The highest BCUT2D eigenvalue weighted by Crippen LogP contribution is 2.26. The van der Waals surface area contributed by atoms with Gasteiger partial charge in [-0.2, -0.15) is 14.1 Å². The third-order valence-electron chi connectivity index (χ3n) is 3.78. The van der Waals surface area contributed by atoms with Gasteiger partial charge >= 0.3 is 0 Å². The van der Waals surface area contributed by atoms with E-state index in [1.807, 2.05) is 6.07 Å². The molecule has 1 aromatic carbocycles. The second kappa shape index (κ2) is 5.59. The maximum atomic E-state index is 13.4. The van der Waals surface area contributed by atoms with E-state index in [9.17, 15) is 8.78 Å². The molecule has 0 radical (unpaired) electrons. The number of tetrazole rings is 1. The van der Waals surface area contributed by atoms with Crippen molar-refractivity contribution in [1.82, 2.24) is 39.9 Å². The second-order valence-corrected chi connectivity index (χ2v) is 6.53. The Balaban J connectivity index is 1.54. The van der Waals surface area contributed by atoms with Crippen LogP contribution in [0.5, 0.6) is 0 Å². The van der Waals surface area contributed by atoms with Gasteiger partial charge in [0.25, 0.3) is 0 Å². The van der Waals surface area contributed by atoms with Gasteiger partial charge in [-0.1, -0.05) is 11.3 Å². The number of benzene rings is 1. The number of aromatic nitrogens is 8. The lowest BCUT2D eigenvalue weighted by Gasteiger charge is -2.00. The molecule has 5 rings (SSSR count). The van der Waals surface area contributed by atoms with E-state index < -0.39 is 11.6 Å². The molecule has 0 saturated carbocycles. The summed E-state index contributed by atoms with van der Waals surface area (Å²) in [4.78, 5) is 0.587. The van der Waals surface area contributed by atoms with Crippen molar-refractivity contribution in [2.75, 3.05) is 0 Å². The average molecular weight is 370 g/mol. The summed E-state index contributed by atoms with van der Waals surface area (Å²) >= 11 is 1.35. The second-order valence-electron chi connectivity index (χ2n) is 5.57. The molecule has 0 aliphatic carbocycles. The van der Waals surface area contributed by atoms with E-state index in [4.69, 9.17) is 0 Å². The Morgan fingerprint density at radius 3 is 2.69 bits per heavy atom. The molecule has 0 N–H and O–H groups in total. The molecule has 0 fully saturated rings. The van der Waals surface area contributed by atoms with Gasteiger partial charge in [-0.15, -0.1) is 15.3 Å². The molecule has 4 heterocycles. The van der Waals surface area contributed by atoms with Crippen LogP contribution in [0.4, 0.5) is 8.78 Å². The summed E-state index contributed by atoms with van der Waals surface area (Å²) in [5.74, 6) is -0.764. The third-order valence-corrected chi connectivity index (χ3v) is 4.73. The van der Waals surface area contributed by atoms with Crippen molar-refractivity contribution in [2.24, 2.45) is 0 Å². The summed E-state index contributed by atoms with van der Waals surface area (Å²) in [6.07, 6.45) is 1.98. The van der Waals surface area contributed by atoms with Crippen molar-refractivity contribution in [3.8, 4) is 10.6 Å². The van der Waals surface area contributed by atoms with Crippen LogP contribution in [0.1, 0.15) is 11.4 Å². The zero-order valence-corrected chi connectivity index (χ0v) is 13.7. The van der Waals surface area contributed by atoms with Gasteiger partial charge in [0.1, 0.15) is 16.6 Å². The van der Waals surface area contributed by atoms with Crippen molar-refractivity contribution in [2.45, 2.75) is 6.42 Å². The Bertz CT molecular complexity index is 1240. The molecule has 0 aliphatic rings. The van der Waals surface area contributed by atoms with Crippen molar-refractivity contribution < 1.29 is 8.78 Å². The summed E-state index contributed by atoms with van der Waals surface area (Å²) in [5.41, 5.74) is 1.91. The zero-order chi connectivity index (χ0) is 17.7. The van der Waals surface area contributed by atoms with E-state index in [0.717, 1.165) is 11.6 Å². The first-order valence-corrected chi connectivity index (χ1v) is 8.31. The molecule has 11 heteroatoms. The number of rotatable bonds is 3. The van der Waals surface area contributed by atoms with E-state index in [0.29, 0.717) is 27.0 Å². The van der Waals surface area contributed by atoms with Crippen molar-refractivity contribution in [3.05, 3.63) is 59.6 Å². The molecule has 0 spiro atoms. The van der Waals surface area contributed by atoms with Crippen LogP contribution in [0.3, 0.4) is 0 Å². The van der Waals surface area contributed by atoms with Crippen LogP contribution in [-0.4, -0.2) is 39.9 Å². The van der Waals surface area contributed by atoms with Gasteiger partial charge in [0.05, 0.1) is 0 Å². The minimum Gasteiger partial charge on any atom is -0.207 e. The molecule has 26 heavy (non-hydrogen) atoms. The fraction of sp³-hybridized carbons (Fsp3) is 0.0667. The topological polar surface area (TPSA) is 86.2 Å². The molecule has 0 saturated heterocycles. The Kier molecular flexibility index (Phi) is 3.22. The first-order valence-electron chi connectivity index (χ1n) is 7.50. The molecule has 0 aliphatic heterocycles. The molecule has 8 nitrogen and oxygen atoms in total. The molecule has 5 aromatic rings. The standard InChI is InChI=1S/C15H8F2N8S/c16-10-3-8(4-11(17)6-10)5-13-18-20-15-25(13)21-14(26-15)9-1-2-12-19-22-23-24(12)7-9/h1-4,6-7H,5H2. The largest absolute Gasteiger partial charge is 0.234 e. The van der Waals surface area contributed by atoms with Gasteiger partial charge in [-0.05, 0) is 40.3 Å². The summed E-state index contributed by atoms with van der Waals surface area (Å²) in [6.45, 7) is 0. The monoisotopic (exact) mass is 370 g/mol. The quantitative estimate of drug-likeness (QED) is 0.484. The highest BCUT2D eigenvalue weighted by molar-refractivity contribution is 7.19. The smallest absolute Gasteiger partial charge is 0.207 e. The minimum atomic E-state index is -0.630. The fourth-order valence-electron chi connectivity index (χ4n) is 2.65. The van der Waals surface area contributed by atoms with E-state index in [1.165, 1.54) is 23.5 Å². The van der Waals surface area contributed by atoms with Crippen LogP contribution in [0, 0.1) is 11.6 Å². The number of pyridine rings is 1. The fourth-order valence-corrected chi connectivity index (χ4v) is 3.50. The lowest BCUT2D eigenvalue weighted by Crippen LogP contribution is -1.99. The maximum absolute atomic E-state index is 13.4. The first kappa shape index (κ1) is 15.0. The number of fused-ring (bicyclic) bond motifs is 2. The lowest BCUT2D eigenvalue weighted by molar-refractivity contribution is 0.580. The third kappa shape index (κ3) is 2.49. The summed E-state index contributed by atoms with van der Waals surface area (Å²) in [7, 11) is 0. The summed E-state index contributed by atoms with van der Waals surface area (Å²) < 4.78 is 29.9. The van der Waals surface area contributed by atoms with Gasteiger partial charge in [-0.3, -0.25) is 0 Å². The Morgan fingerprint density at radius 1 is 1.00 bits per heavy atom. The number of nitrogens with zero attached hydrogens (tertiary/aromatic N) is 8.